The van der Waals surface area contributed by atoms with E-state index in [1.165, 1.54) is 18.3 Å². The van der Waals surface area contributed by atoms with E-state index in [1.807, 2.05) is 0 Å². The zero-order valence-electron chi connectivity index (χ0n) is 10.4. The maximum atomic E-state index is 14.1. The Labute approximate surface area is 138 Å². The molecule has 0 radical (unpaired) electrons. The van der Waals surface area contributed by atoms with Crippen molar-refractivity contribution in [3.05, 3.63) is 68.0 Å². The Morgan fingerprint density at radius 1 is 1.19 bits per heavy atom. The number of fused-ring (bicyclic) bond motifs is 1. The van der Waals surface area contributed by atoms with E-state index in [9.17, 15) is 9.18 Å². The summed E-state index contributed by atoms with van der Waals surface area (Å²) in [7, 11) is 0. The quantitative estimate of drug-likeness (QED) is 0.570. The summed E-state index contributed by atoms with van der Waals surface area (Å²) in [4.78, 5) is 15.5. The van der Waals surface area contributed by atoms with Crippen LogP contribution >= 0.6 is 39.1 Å². The second-order valence-corrected chi connectivity index (χ2v) is 6.14. The van der Waals surface area contributed by atoms with E-state index in [-0.39, 0.29) is 10.0 Å². The zero-order valence-corrected chi connectivity index (χ0v) is 13.5. The lowest BCUT2D eigenvalue weighted by molar-refractivity contribution is 0.103. The molecule has 3 aromatic rings. The first-order valence-electron chi connectivity index (χ1n) is 5.94. The number of nitrogens with one attached hydrogen (secondary N) is 1. The summed E-state index contributed by atoms with van der Waals surface area (Å²) in [5.41, 5.74) is 0.922. The molecule has 21 heavy (non-hydrogen) atoms. The molecule has 0 fully saturated rings. The minimum atomic E-state index is -0.595. The molecular weight excluding hydrogens is 380 g/mol. The molecule has 0 unspecified atom stereocenters. The second-order valence-electron chi connectivity index (χ2n) is 4.44. The van der Waals surface area contributed by atoms with Crippen molar-refractivity contribution in [2.75, 3.05) is 0 Å². The van der Waals surface area contributed by atoms with Crippen molar-refractivity contribution in [1.82, 2.24) is 4.98 Å². The average Bonchev–Trinajstić information content (AvgIpc) is 2.85. The van der Waals surface area contributed by atoms with Gasteiger partial charge < -0.3 is 4.98 Å². The van der Waals surface area contributed by atoms with Gasteiger partial charge in [0.05, 0.1) is 15.1 Å². The number of hydrogen-bond donors (Lipinski definition) is 1. The first-order chi connectivity index (χ1) is 9.99. The number of carbonyl (C=O) groups excluding carboxylic acids is 1. The fraction of sp³-hybridized carbons (Fsp3) is 0. The van der Waals surface area contributed by atoms with E-state index in [0.717, 1.165) is 0 Å². The molecule has 2 aromatic carbocycles. The third-order valence-corrected chi connectivity index (χ3v) is 4.27. The summed E-state index contributed by atoms with van der Waals surface area (Å²) >= 11 is 15.1. The number of rotatable bonds is 2. The topological polar surface area (TPSA) is 32.9 Å². The van der Waals surface area contributed by atoms with Gasteiger partial charge in [0.15, 0.2) is 5.78 Å². The van der Waals surface area contributed by atoms with Crippen molar-refractivity contribution >= 4 is 55.8 Å². The number of halogens is 4. The average molecular weight is 387 g/mol. The third kappa shape index (κ3) is 2.48. The van der Waals surface area contributed by atoms with E-state index in [2.05, 4.69) is 20.9 Å². The van der Waals surface area contributed by atoms with Gasteiger partial charge in [-0.05, 0) is 40.2 Å². The van der Waals surface area contributed by atoms with Gasteiger partial charge >= 0.3 is 0 Å². The Hall–Kier alpha value is -1.36. The van der Waals surface area contributed by atoms with Gasteiger partial charge in [-0.25, -0.2) is 4.39 Å². The van der Waals surface area contributed by atoms with Crippen LogP contribution in [0.3, 0.4) is 0 Å². The minimum absolute atomic E-state index is 0.0173. The fourth-order valence-corrected chi connectivity index (χ4v) is 3.15. The highest BCUT2D eigenvalue weighted by atomic mass is 79.9. The summed E-state index contributed by atoms with van der Waals surface area (Å²) in [6, 6.07) is 7.79. The third-order valence-electron chi connectivity index (χ3n) is 3.14. The molecule has 2 nitrogen and oxygen atoms in total. The van der Waals surface area contributed by atoms with Crippen LogP contribution in [-0.2, 0) is 0 Å². The molecule has 0 amide bonds. The number of hydrogen-bond acceptors (Lipinski definition) is 1. The Bertz CT molecular complexity index is 875. The van der Waals surface area contributed by atoms with Gasteiger partial charge in [-0.2, -0.15) is 0 Å². The van der Waals surface area contributed by atoms with Gasteiger partial charge in [0.2, 0.25) is 0 Å². The minimum Gasteiger partial charge on any atom is -0.360 e. The lowest BCUT2D eigenvalue weighted by Crippen LogP contribution is -2.04. The summed E-state index contributed by atoms with van der Waals surface area (Å²) in [5, 5.41) is 1.34. The molecule has 6 heteroatoms. The van der Waals surface area contributed by atoms with Crippen molar-refractivity contribution < 1.29 is 9.18 Å². The van der Waals surface area contributed by atoms with Crippen molar-refractivity contribution in [2.24, 2.45) is 0 Å². The van der Waals surface area contributed by atoms with Gasteiger partial charge in [-0.15, -0.1) is 0 Å². The monoisotopic (exact) mass is 385 g/mol. The largest absolute Gasteiger partial charge is 0.360 e. The van der Waals surface area contributed by atoms with Crippen LogP contribution in [0.4, 0.5) is 4.39 Å². The molecule has 0 saturated heterocycles. The maximum absolute atomic E-state index is 14.1. The lowest BCUT2D eigenvalue weighted by Gasteiger charge is -2.04. The summed E-state index contributed by atoms with van der Waals surface area (Å²) in [5.74, 6) is -1.04. The van der Waals surface area contributed by atoms with E-state index >= 15 is 0 Å². The molecule has 0 bridgehead atoms. The van der Waals surface area contributed by atoms with Crippen LogP contribution in [0.5, 0.6) is 0 Å². The molecule has 1 N–H and O–H groups in total. The Kier molecular flexibility index (Phi) is 3.78. The van der Waals surface area contributed by atoms with Gasteiger partial charge in [-0.1, -0.05) is 29.3 Å². The van der Waals surface area contributed by atoms with Gasteiger partial charge in [0.25, 0.3) is 0 Å². The fourth-order valence-electron chi connectivity index (χ4n) is 2.19. The van der Waals surface area contributed by atoms with Gasteiger partial charge in [0.1, 0.15) is 5.82 Å². The van der Waals surface area contributed by atoms with Crippen LogP contribution in [0.25, 0.3) is 10.9 Å². The first-order valence-corrected chi connectivity index (χ1v) is 7.49. The zero-order chi connectivity index (χ0) is 15.1. The van der Waals surface area contributed by atoms with Crippen LogP contribution in [0.1, 0.15) is 15.9 Å². The standard InChI is InChI=1S/C15H7BrCl2FNO/c16-10-3-1-2-8(14(10)19)15(21)9-6-20-12-5-7(17)4-11(18)13(9)12/h1-6,20H. The molecule has 106 valence electrons. The summed E-state index contributed by atoms with van der Waals surface area (Å²) < 4.78 is 14.3. The number of benzene rings is 2. The normalized spacial score (nSPS) is 11.0. The lowest BCUT2D eigenvalue weighted by atomic mass is 10.0. The highest BCUT2D eigenvalue weighted by Gasteiger charge is 2.20. The predicted octanol–water partition coefficient (Wildman–Crippen LogP) is 5.61. The number of aromatic amines is 1. The molecule has 0 aliphatic carbocycles. The molecule has 1 aromatic heterocycles. The van der Waals surface area contributed by atoms with Crippen LogP contribution in [-0.4, -0.2) is 10.8 Å². The molecule has 1 heterocycles. The molecule has 0 aliphatic rings. The van der Waals surface area contributed by atoms with Crippen LogP contribution in [0.15, 0.2) is 41.0 Å². The smallest absolute Gasteiger partial charge is 0.198 e. The van der Waals surface area contributed by atoms with Crippen molar-refractivity contribution in [2.45, 2.75) is 0 Å². The number of H-pyrrole nitrogens is 1. The molecule has 0 saturated carbocycles. The highest BCUT2D eigenvalue weighted by Crippen LogP contribution is 2.32. The summed E-state index contributed by atoms with van der Waals surface area (Å²) in [6.07, 6.45) is 1.51. The van der Waals surface area contributed by atoms with E-state index in [0.29, 0.717) is 26.5 Å². The van der Waals surface area contributed by atoms with E-state index in [1.54, 1.807) is 18.2 Å². The van der Waals surface area contributed by atoms with E-state index < -0.39 is 11.6 Å². The maximum Gasteiger partial charge on any atom is 0.198 e. The summed E-state index contributed by atoms with van der Waals surface area (Å²) in [6.45, 7) is 0. The van der Waals surface area contributed by atoms with Gasteiger partial charge in [-0.3, -0.25) is 4.79 Å². The van der Waals surface area contributed by atoms with Crippen LogP contribution in [0.2, 0.25) is 10.0 Å². The van der Waals surface area contributed by atoms with Crippen LogP contribution < -0.4 is 0 Å². The molecular formula is C15H7BrCl2FNO. The molecule has 0 spiro atoms. The van der Waals surface area contributed by atoms with E-state index in [4.69, 9.17) is 23.2 Å². The molecule has 0 atom stereocenters. The SMILES string of the molecule is O=C(c1cccc(Br)c1F)c1c[nH]c2cc(Cl)cc(Cl)c12. The van der Waals surface area contributed by atoms with Crippen molar-refractivity contribution in [3.63, 3.8) is 0 Å². The first kappa shape index (κ1) is 14.6. The molecule has 3 rings (SSSR count). The Morgan fingerprint density at radius 3 is 2.71 bits per heavy atom. The Balaban J connectivity index is 2.21. The van der Waals surface area contributed by atoms with Gasteiger partial charge in [0, 0.05) is 27.7 Å². The van der Waals surface area contributed by atoms with Crippen molar-refractivity contribution in [1.29, 1.82) is 0 Å². The number of carbonyl (C=O) groups is 1. The Morgan fingerprint density at radius 2 is 1.95 bits per heavy atom. The van der Waals surface area contributed by atoms with Crippen LogP contribution in [0, 0.1) is 5.82 Å². The molecule has 0 aliphatic heterocycles. The number of ketones is 1. The second kappa shape index (κ2) is 5.44. The number of aromatic nitrogens is 1. The predicted molar refractivity (Wildman–Crippen MR) is 85.9 cm³/mol. The van der Waals surface area contributed by atoms with Crippen molar-refractivity contribution in [3.8, 4) is 0 Å². The highest BCUT2D eigenvalue weighted by molar-refractivity contribution is 9.10.